The SMILES string of the molecule is COC1CCC(C2CNC(NC3CCC(C(=O)Nc4ccn(C)n4)CC3)NC2)CC1. The van der Waals surface area contributed by atoms with Gasteiger partial charge in [-0.05, 0) is 63.2 Å². The third kappa shape index (κ3) is 5.60. The van der Waals surface area contributed by atoms with Crippen LogP contribution in [0.25, 0.3) is 0 Å². The Morgan fingerprint density at radius 2 is 1.77 bits per heavy atom. The van der Waals surface area contributed by atoms with E-state index < -0.39 is 0 Å². The first kappa shape index (κ1) is 21.7. The lowest BCUT2D eigenvalue weighted by Gasteiger charge is -2.40. The number of carbonyl (C=O) groups is 1. The highest BCUT2D eigenvalue weighted by Crippen LogP contribution is 2.32. The number of aryl methyl sites for hydroxylation is 1. The molecule has 4 rings (SSSR count). The molecular formula is C22H38N6O2. The van der Waals surface area contributed by atoms with Gasteiger partial charge < -0.3 is 10.1 Å². The fourth-order valence-corrected chi connectivity index (χ4v) is 5.40. The molecule has 1 amide bonds. The first-order chi connectivity index (χ1) is 14.6. The van der Waals surface area contributed by atoms with Crippen LogP contribution < -0.4 is 21.3 Å². The van der Waals surface area contributed by atoms with Crippen molar-refractivity contribution in [3.8, 4) is 0 Å². The average molecular weight is 419 g/mol. The van der Waals surface area contributed by atoms with Gasteiger partial charge in [0.2, 0.25) is 5.91 Å². The fraction of sp³-hybridized carbons (Fsp3) is 0.818. The molecule has 0 spiro atoms. The maximum absolute atomic E-state index is 12.5. The largest absolute Gasteiger partial charge is 0.381 e. The molecule has 30 heavy (non-hydrogen) atoms. The summed E-state index contributed by atoms with van der Waals surface area (Å²) in [6.07, 6.45) is 11.4. The number of hydrogen-bond donors (Lipinski definition) is 4. The molecule has 0 radical (unpaired) electrons. The molecule has 1 saturated heterocycles. The molecule has 3 aliphatic rings. The van der Waals surface area contributed by atoms with Crippen molar-refractivity contribution in [1.29, 1.82) is 0 Å². The summed E-state index contributed by atoms with van der Waals surface area (Å²) in [5, 5.41) is 18.2. The second-order valence-corrected chi connectivity index (χ2v) is 9.36. The van der Waals surface area contributed by atoms with Crippen LogP contribution in [0, 0.1) is 17.8 Å². The molecule has 0 unspecified atom stereocenters. The molecule has 8 heteroatoms. The van der Waals surface area contributed by atoms with Gasteiger partial charge in [-0.2, -0.15) is 5.10 Å². The Morgan fingerprint density at radius 1 is 1.07 bits per heavy atom. The van der Waals surface area contributed by atoms with Crippen LogP contribution >= 0.6 is 0 Å². The van der Waals surface area contributed by atoms with Crippen molar-refractivity contribution in [2.24, 2.45) is 24.8 Å². The Balaban J connectivity index is 1.13. The summed E-state index contributed by atoms with van der Waals surface area (Å²) in [5.74, 6) is 2.36. The van der Waals surface area contributed by atoms with E-state index in [0.29, 0.717) is 23.9 Å². The third-order valence-corrected chi connectivity index (χ3v) is 7.35. The highest BCUT2D eigenvalue weighted by molar-refractivity contribution is 5.91. The lowest BCUT2D eigenvalue weighted by molar-refractivity contribution is -0.120. The van der Waals surface area contributed by atoms with Gasteiger partial charge >= 0.3 is 0 Å². The highest BCUT2D eigenvalue weighted by Gasteiger charge is 2.32. The van der Waals surface area contributed by atoms with E-state index in [2.05, 4.69) is 26.4 Å². The number of anilines is 1. The number of rotatable bonds is 6. The number of aromatic nitrogens is 2. The zero-order chi connectivity index (χ0) is 20.9. The molecule has 0 aromatic carbocycles. The molecule has 1 aliphatic heterocycles. The maximum atomic E-state index is 12.5. The van der Waals surface area contributed by atoms with E-state index in [4.69, 9.17) is 4.74 Å². The second-order valence-electron chi connectivity index (χ2n) is 9.36. The summed E-state index contributed by atoms with van der Waals surface area (Å²) < 4.78 is 7.22. The Hall–Kier alpha value is -1.48. The van der Waals surface area contributed by atoms with Crippen molar-refractivity contribution in [2.75, 3.05) is 25.5 Å². The van der Waals surface area contributed by atoms with Crippen molar-refractivity contribution in [3.63, 3.8) is 0 Å². The summed E-state index contributed by atoms with van der Waals surface area (Å²) in [6.45, 7) is 2.16. The monoisotopic (exact) mass is 418 g/mol. The Bertz CT molecular complexity index is 671. The lowest BCUT2D eigenvalue weighted by Crippen LogP contribution is -2.63. The summed E-state index contributed by atoms with van der Waals surface area (Å²) >= 11 is 0. The van der Waals surface area contributed by atoms with E-state index in [1.807, 2.05) is 26.4 Å². The van der Waals surface area contributed by atoms with Crippen molar-refractivity contribution in [1.82, 2.24) is 25.7 Å². The van der Waals surface area contributed by atoms with Gasteiger partial charge in [-0.25, -0.2) is 0 Å². The number of ether oxygens (including phenoxy) is 1. The lowest BCUT2D eigenvalue weighted by atomic mass is 9.78. The van der Waals surface area contributed by atoms with Gasteiger partial charge in [0, 0.05) is 51.5 Å². The minimum Gasteiger partial charge on any atom is -0.381 e. The second kappa shape index (κ2) is 10.2. The van der Waals surface area contributed by atoms with Gasteiger partial charge in [0.1, 0.15) is 6.29 Å². The fourth-order valence-electron chi connectivity index (χ4n) is 5.40. The van der Waals surface area contributed by atoms with Gasteiger partial charge in [-0.15, -0.1) is 0 Å². The standard InChI is InChI=1S/C22H38N6O2/c1-28-12-11-20(27-28)26-21(29)16-3-7-18(8-4-16)25-22-23-13-17(14-24-22)15-5-9-19(30-2)10-6-15/h11-12,15-19,22-25H,3-10,13-14H2,1-2H3,(H,26,27,29). The van der Waals surface area contributed by atoms with Gasteiger partial charge in [0.15, 0.2) is 5.82 Å². The van der Waals surface area contributed by atoms with E-state index in [0.717, 1.165) is 44.7 Å². The van der Waals surface area contributed by atoms with E-state index in [1.165, 1.54) is 25.7 Å². The smallest absolute Gasteiger partial charge is 0.228 e. The zero-order valence-electron chi connectivity index (χ0n) is 18.4. The number of nitrogens with zero attached hydrogens (tertiary/aromatic N) is 2. The molecule has 1 aromatic rings. The topological polar surface area (TPSA) is 92.2 Å². The molecule has 2 aliphatic carbocycles. The van der Waals surface area contributed by atoms with Crippen LogP contribution in [0.3, 0.4) is 0 Å². The first-order valence-corrected chi connectivity index (χ1v) is 11.7. The van der Waals surface area contributed by atoms with Crippen LogP contribution in [0.15, 0.2) is 12.3 Å². The average Bonchev–Trinajstić information content (AvgIpc) is 3.19. The van der Waals surface area contributed by atoms with Gasteiger partial charge in [-0.3, -0.25) is 25.4 Å². The van der Waals surface area contributed by atoms with E-state index in [1.54, 1.807) is 4.68 Å². The highest BCUT2D eigenvalue weighted by atomic mass is 16.5. The Kier molecular flexibility index (Phi) is 7.41. The molecule has 4 N–H and O–H groups in total. The molecule has 2 heterocycles. The summed E-state index contributed by atoms with van der Waals surface area (Å²) in [7, 11) is 3.69. The molecule has 1 aromatic heterocycles. The van der Waals surface area contributed by atoms with Crippen molar-refractivity contribution >= 4 is 11.7 Å². The van der Waals surface area contributed by atoms with Gasteiger partial charge in [0.05, 0.1) is 6.10 Å². The molecule has 0 atom stereocenters. The minimum absolute atomic E-state index is 0.0870. The minimum atomic E-state index is 0.0870. The van der Waals surface area contributed by atoms with Crippen LogP contribution in [-0.2, 0) is 16.6 Å². The van der Waals surface area contributed by atoms with E-state index >= 15 is 0 Å². The first-order valence-electron chi connectivity index (χ1n) is 11.7. The number of carbonyl (C=O) groups excluding carboxylic acids is 1. The van der Waals surface area contributed by atoms with Crippen molar-refractivity contribution in [3.05, 3.63) is 12.3 Å². The van der Waals surface area contributed by atoms with Gasteiger partial charge in [0.25, 0.3) is 0 Å². The number of nitrogens with one attached hydrogen (secondary N) is 4. The normalized spacial score (nSPS) is 35.1. The predicted molar refractivity (Wildman–Crippen MR) is 117 cm³/mol. The molecular weight excluding hydrogens is 380 g/mol. The summed E-state index contributed by atoms with van der Waals surface area (Å²) in [4.78, 5) is 12.5. The van der Waals surface area contributed by atoms with Crippen LogP contribution in [0.5, 0.6) is 0 Å². The number of amides is 1. The van der Waals surface area contributed by atoms with Crippen molar-refractivity contribution < 1.29 is 9.53 Å². The molecule has 0 bridgehead atoms. The van der Waals surface area contributed by atoms with Crippen LogP contribution in [0.1, 0.15) is 51.4 Å². The van der Waals surface area contributed by atoms with Crippen LogP contribution in [-0.4, -0.2) is 54.3 Å². The summed E-state index contributed by atoms with van der Waals surface area (Å²) in [5.41, 5.74) is 0. The number of methoxy groups -OCH3 is 1. The molecule has 2 saturated carbocycles. The van der Waals surface area contributed by atoms with Crippen LogP contribution in [0.2, 0.25) is 0 Å². The van der Waals surface area contributed by atoms with E-state index in [-0.39, 0.29) is 18.1 Å². The maximum Gasteiger partial charge on any atom is 0.228 e. The zero-order valence-corrected chi connectivity index (χ0v) is 18.4. The predicted octanol–water partition coefficient (Wildman–Crippen LogP) is 1.80. The Morgan fingerprint density at radius 3 is 2.37 bits per heavy atom. The molecule has 168 valence electrons. The van der Waals surface area contributed by atoms with E-state index in [9.17, 15) is 4.79 Å². The molecule has 3 fully saturated rings. The quantitative estimate of drug-likeness (QED) is 0.563. The van der Waals surface area contributed by atoms with Crippen molar-refractivity contribution in [2.45, 2.75) is 69.8 Å². The number of hydrogen-bond acceptors (Lipinski definition) is 6. The van der Waals surface area contributed by atoms with Crippen LogP contribution in [0.4, 0.5) is 5.82 Å². The Labute approximate surface area is 179 Å². The molecule has 8 nitrogen and oxygen atoms in total. The van der Waals surface area contributed by atoms with Gasteiger partial charge in [-0.1, -0.05) is 0 Å². The summed E-state index contributed by atoms with van der Waals surface area (Å²) in [6, 6.07) is 2.30. The third-order valence-electron chi connectivity index (χ3n) is 7.35.